The molecule has 0 aromatic heterocycles. The van der Waals surface area contributed by atoms with Gasteiger partial charge in [-0.15, -0.1) is 0 Å². The lowest BCUT2D eigenvalue weighted by atomic mass is 10.1. The van der Waals surface area contributed by atoms with Gasteiger partial charge in [0.15, 0.2) is 0 Å². The Kier molecular flexibility index (Phi) is 4.95. The van der Waals surface area contributed by atoms with Crippen molar-refractivity contribution in [3.63, 3.8) is 0 Å². The molecule has 0 radical (unpaired) electrons. The fourth-order valence-electron chi connectivity index (χ4n) is 3.55. The molecular formula is C20H20FN3O4. The molecule has 2 atom stereocenters. The molecule has 2 aromatic rings. The van der Waals surface area contributed by atoms with Crippen molar-refractivity contribution < 1.29 is 18.8 Å². The Hall–Kier alpha value is -3.00. The number of carbonyl (C=O) groups is 1. The van der Waals surface area contributed by atoms with Crippen LogP contribution in [0, 0.1) is 15.9 Å². The molecule has 28 heavy (non-hydrogen) atoms. The van der Waals surface area contributed by atoms with E-state index in [9.17, 15) is 19.3 Å². The van der Waals surface area contributed by atoms with Crippen molar-refractivity contribution in [1.82, 2.24) is 4.90 Å². The van der Waals surface area contributed by atoms with Crippen LogP contribution < -0.4 is 5.32 Å². The number of hydrogen-bond donors (Lipinski definition) is 1. The van der Waals surface area contributed by atoms with E-state index in [0.717, 1.165) is 12.0 Å². The van der Waals surface area contributed by atoms with Crippen LogP contribution in [-0.4, -0.2) is 48.1 Å². The Bertz CT molecular complexity index is 914. The van der Waals surface area contributed by atoms with Crippen LogP contribution in [0.25, 0.3) is 0 Å². The zero-order chi connectivity index (χ0) is 19.7. The highest BCUT2D eigenvalue weighted by atomic mass is 19.1. The lowest BCUT2D eigenvalue weighted by Gasteiger charge is -2.26. The van der Waals surface area contributed by atoms with Crippen molar-refractivity contribution in [2.24, 2.45) is 0 Å². The van der Waals surface area contributed by atoms with Gasteiger partial charge >= 0.3 is 0 Å². The molecule has 1 amide bonds. The predicted molar refractivity (Wildman–Crippen MR) is 101 cm³/mol. The van der Waals surface area contributed by atoms with E-state index in [4.69, 9.17) is 4.74 Å². The number of amides is 1. The van der Waals surface area contributed by atoms with Crippen LogP contribution in [0.4, 0.5) is 15.8 Å². The third-order valence-corrected chi connectivity index (χ3v) is 5.15. The number of nitrogens with one attached hydrogen (secondary N) is 1. The first-order valence-electron chi connectivity index (χ1n) is 9.20. The summed E-state index contributed by atoms with van der Waals surface area (Å²) in [6.07, 6.45) is 0.773. The first kappa shape index (κ1) is 18.4. The summed E-state index contributed by atoms with van der Waals surface area (Å²) in [5.41, 5.74) is 1.40. The van der Waals surface area contributed by atoms with Gasteiger partial charge in [0.25, 0.3) is 11.6 Å². The van der Waals surface area contributed by atoms with Crippen LogP contribution in [0.5, 0.6) is 0 Å². The highest BCUT2D eigenvalue weighted by Crippen LogP contribution is 2.44. The second-order valence-corrected chi connectivity index (χ2v) is 7.04. The quantitative estimate of drug-likeness (QED) is 0.631. The zero-order valence-corrected chi connectivity index (χ0v) is 15.1. The molecule has 0 unspecified atom stereocenters. The van der Waals surface area contributed by atoms with Crippen LogP contribution in [-0.2, 0) is 4.74 Å². The van der Waals surface area contributed by atoms with E-state index in [1.54, 1.807) is 23.1 Å². The zero-order valence-electron chi connectivity index (χ0n) is 15.1. The Labute approximate surface area is 161 Å². The van der Waals surface area contributed by atoms with Crippen LogP contribution in [0.3, 0.4) is 0 Å². The molecule has 7 nitrogen and oxygen atoms in total. The molecule has 0 bridgehead atoms. The Balaban J connectivity index is 1.50. The first-order valence-corrected chi connectivity index (χ1v) is 9.20. The van der Waals surface area contributed by atoms with Crippen molar-refractivity contribution in [3.8, 4) is 0 Å². The summed E-state index contributed by atoms with van der Waals surface area (Å²) in [5, 5.41) is 14.7. The smallest absolute Gasteiger partial charge is 0.293 e. The van der Waals surface area contributed by atoms with E-state index in [1.165, 1.54) is 18.2 Å². The second kappa shape index (κ2) is 7.55. The Morgan fingerprint density at radius 2 is 2.00 bits per heavy atom. The first-order chi connectivity index (χ1) is 13.5. The van der Waals surface area contributed by atoms with Crippen molar-refractivity contribution >= 4 is 17.3 Å². The number of rotatable bonds is 5. The molecule has 8 heteroatoms. The van der Waals surface area contributed by atoms with Gasteiger partial charge in [-0.1, -0.05) is 12.1 Å². The minimum Gasteiger partial charge on any atom is -0.378 e. The summed E-state index contributed by atoms with van der Waals surface area (Å²) in [5.74, 6) is -0.410. The molecule has 4 rings (SSSR count). The van der Waals surface area contributed by atoms with Gasteiger partial charge in [0.2, 0.25) is 0 Å². The molecule has 2 fully saturated rings. The van der Waals surface area contributed by atoms with Crippen molar-refractivity contribution in [3.05, 3.63) is 69.5 Å². The number of nitro benzene ring substituents is 1. The molecule has 1 saturated carbocycles. The molecule has 1 aliphatic heterocycles. The normalized spacial score (nSPS) is 21.2. The van der Waals surface area contributed by atoms with Crippen LogP contribution in [0.15, 0.2) is 42.5 Å². The highest BCUT2D eigenvalue weighted by molar-refractivity contribution is 5.95. The standard InChI is InChI=1S/C20H20FN3O4/c21-15-3-1-2-13(10-15)16-12-18(16)22-17-5-4-14(11-19(17)24(26)27)20(25)23-6-8-28-9-7-23/h1-5,10-11,16,18,22H,6-9,12H2/t16-,18+/m0/s1. The van der Waals surface area contributed by atoms with Gasteiger partial charge in [-0.3, -0.25) is 14.9 Å². The van der Waals surface area contributed by atoms with Gasteiger partial charge in [-0.2, -0.15) is 0 Å². The lowest BCUT2D eigenvalue weighted by Crippen LogP contribution is -2.40. The number of carbonyl (C=O) groups excluding carboxylic acids is 1. The van der Waals surface area contributed by atoms with Gasteiger partial charge in [0.1, 0.15) is 11.5 Å². The number of nitro groups is 1. The average Bonchev–Trinajstić information content (AvgIpc) is 3.47. The summed E-state index contributed by atoms with van der Waals surface area (Å²) in [7, 11) is 0. The van der Waals surface area contributed by atoms with E-state index in [2.05, 4.69) is 5.32 Å². The van der Waals surface area contributed by atoms with Gasteiger partial charge < -0.3 is 15.0 Å². The number of halogens is 1. The van der Waals surface area contributed by atoms with Crippen molar-refractivity contribution in [2.45, 2.75) is 18.4 Å². The van der Waals surface area contributed by atoms with Crippen molar-refractivity contribution in [1.29, 1.82) is 0 Å². The predicted octanol–water partition coefficient (Wildman–Crippen LogP) is 3.17. The largest absolute Gasteiger partial charge is 0.378 e. The molecule has 1 heterocycles. The van der Waals surface area contributed by atoms with Gasteiger partial charge in [-0.25, -0.2) is 4.39 Å². The van der Waals surface area contributed by atoms with Gasteiger partial charge in [0, 0.05) is 36.7 Å². The third kappa shape index (κ3) is 3.82. The number of ether oxygens (including phenoxy) is 1. The molecule has 1 saturated heterocycles. The molecule has 2 aromatic carbocycles. The number of nitrogens with zero attached hydrogens (tertiary/aromatic N) is 2. The summed E-state index contributed by atoms with van der Waals surface area (Å²) in [6, 6.07) is 10.9. The summed E-state index contributed by atoms with van der Waals surface area (Å²) >= 11 is 0. The summed E-state index contributed by atoms with van der Waals surface area (Å²) in [4.78, 5) is 25.3. The van der Waals surface area contributed by atoms with E-state index in [0.29, 0.717) is 32.0 Å². The van der Waals surface area contributed by atoms with Gasteiger partial charge in [-0.05, 0) is 36.2 Å². The molecule has 1 N–H and O–H groups in total. The maximum absolute atomic E-state index is 13.4. The maximum Gasteiger partial charge on any atom is 0.293 e. The molecular weight excluding hydrogens is 365 g/mol. The fourth-order valence-corrected chi connectivity index (χ4v) is 3.55. The van der Waals surface area contributed by atoms with E-state index in [-0.39, 0.29) is 34.9 Å². The van der Waals surface area contributed by atoms with E-state index < -0.39 is 4.92 Å². The monoisotopic (exact) mass is 385 g/mol. The summed E-state index contributed by atoms with van der Waals surface area (Å²) in [6.45, 7) is 1.89. The van der Waals surface area contributed by atoms with Crippen molar-refractivity contribution in [2.75, 3.05) is 31.6 Å². The van der Waals surface area contributed by atoms with E-state index in [1.807, 2.05) is 6.07 Å². The Morgan fingerprint density at radius 1 is 1.21 bits per heavy atom. The fraction of sp³-hybridized carbons (Fsp3) is 0.350. The molecule has 0 spiro atoms. The summed E-state index contributed by atoms with van der Waals surface area (Å²) < 4.78 is 18.6. The van der Waals surface area contributed by atoms with E-state index >= 15 is 0 Å². The van der Waals surface area contributed by atoms with Crippen LogP contribution >= 0.6 is 0 Å². The second-order valence-electron chi connectivity index (χ2n) is 7.04. The number of hydrogen-bond acceptors (Lipinski definition) is 5. The molecule has 146 valence electrons. The molecule has 1 aliphatic carbocycles. The minimum absolute atomic E-state index is 0.00120. The number of benzene rings is 2. The third-order valence-electron chi connectivity index (χ3n) is 5.15. The van der Waals surface area contributed by atoms with Crippen LogP contribution in [0.2, 0.25) is 0 Å². The highest BCUT2D eigenvalue weighted by Gasteiger charge is 2.39. The van der Waals surface area contributed by atoms with Gasteiger partial charge in [0.05, 0.1) is 18.1 Å². The maximum atomic E-state index is 13.4. The topological polar surface area (TPSA) is 84.7 Å². The lowest BCUT2D eigenvalue weighted by molar-refractivity contribution is -0.384. The van der Waals surface area contributed by atoms with Crippen LogP contribution in [0.1, 0.15) is 28.3 Å². The minimum atomic E-state index is -0.488. The molecule has 2 aliphatic rings. The SMILES string of the molecule is O=C(c1ccc(N[C@@H]2C[C@H]2c2cccc(F)c2)c([N+](=O)[O-])c1)N1CCOCC1. The Morgan fingerprint density at radius 3 is 2.71 bits per heavy atom. The number of morpholine rings is 1. The average molecular weight is 385 g/mol. The number of anilines is 1.